The van der Waals surface area contributed by atoms with Crippen molar-refractivity contribution in [1.82, 2.24) is 14.9 Å². The first-order chi connectivity index (χ1) is 10.6. The van der Waals surface area contributed by atoms with Crippen LogP contribution in [0.15, 0.2) is 12.3 Å². The minimum absolute atomic E-state index is 0.255. The Hall–Kier alpha value is -1.85. The molecule has 1 spiro atoms. The van der Waals surface area contributed by atoms with Gasteiger partial charge in [0.1, 0.15) is 0 Å². The van der Waals surface area contributed by atoms with Crippen LogP contribution >= 0.6 is 0 Å². The van der Waals surface area contributed by atoms with Crippen LogP contribution < -0.4 is 9.64 Å². The Morgan fingerprint density at radius 3 is 2.86 bits per heavy atom. The van der Waals surface area contributed by atoms with E-state index in [1.807, 2.05) is 4.90 Å². The number of hydrogen-bond acceptors (Lipinski definition) is 5. The highest BCUT2D eigenvalue weighted by molar-refractivity contribution is 5.85. The van der Waals surface area contributed by atoms with Gasteiger partial charge in [-0.05, 0) is 33.1 Å². The fourth-order valence-electron chi connectivity index (χ4n) is 3.61. The van der Waals surface area contributed by atoms with Crippen molar-refractivity contribution in [3.63, 3.8) is 0 Å². The lowest BCUT2D eigenvalue weighted by Crippen LogP contribution is -2.52. The molecule has 1 aromatic rings. The zero-order valence-electron chi connectivity index (χ0n) is 13.6. The number of carbonyl (C=O) groups is 1. The summed E-state index contributed by atoms with van der Waals surface area (Å²) in [7, 11) is 1.60. The lowest BCUT2D eigenvalue weighted by atomic mass is 9.78. The van der Waals surface area contributed by atoms with E-state index in [9.17, 15) is 4.79 Å². The van der Waals surface area contributed by atoms with E-state index in [4.69, 9.17) is 4.74 Å². The second-order valence-corrected chi connectivity index (χ2v) is 6.55. The molecule has 0 saturated carbocycles. The molecule has 0 aliphatic carbocycles. The molecule has 0 N–H and O–H groups in total. The Bertz CT molecular complexity index is 563. The van der Waals surface area contributed by atoms with Crippen molar-refractivity contribution in [2.75, 3.05) is 31.6 Å². The highest BCUT2D eigenvalue weighted by atomic mass is 16.5. The van der Waals surface area contributed by atoms with Gasteiger partial charge in [0.15, 0.2) is 0 Å². The number of ether oxygens (including phenoxy) is 1. The summed E-state index contributed by atoms with van der Waals surface area (Å²) in [6.45, 7) is 6.60. The molecule has 2 fully saturated rings. The first kappa shape index (κ1) is 15.1. The maximum atomic E-state index is 12.9. The number of nitrogens with zero attached hydrogens (tertiary/aromatic N) is 4. The van der Waals surface area contributed by atoms with Gasteiger partial charge in [0, 0.05) is 37.9 Å². The van der Waals surface area contributed by atoms with Gasteiger partial charge < -0.3 is 14.5 Å². The summed E-state index contributed by atoms with van der Waals surface area (Å²) in [5.74, 6) is 1.52. The molecule has 0 aromatic carbocycles. The first-order valence-electron chi connectivity index (χ1n) is 7.99. The van der Waals surface area contributed by atoms with Crippen LogP contribution in [-0.2, 0) is 4.79 Å². The number of anilines is 1. The molecule has 22 heavy (non-hydrogen) atoms. The fourth-order valence-corrected chi connectivity index (χ4v) is 3.61. The molecule has 6 nitrogen and oxygen atoms in total. The van der Waals surface area contributed by atoms with Crippen LogP contribution in [0.1, 0.15) is 33.1 Å². The maximum Gasteiger partial charge on any atom is 0.230 e. The summed E-state index contributed by atoms with van der Waals surface area (Å²) in [6.07, 6.45) is 4.64. The zero-order valence-corrected chi connectivity index (χ0v) is 13.6. The molecule has 2 aliphatic heterocycles. The SMILES string of the molecule is COc1ccnc(N2CC[C@@]3(CCCN(C(C)C)C3=O)C2)n1. The second kappa shape index (κ2) is 5.74. The van der Waals surface area contributed by atoms with Crippen molar-refractivity contribution >= 4 is 11.9 Å². The molecule has 6 heteroatoms. The van der Waals surface area contributed by atoms with Crippen molar-refractivity contribution in [2.45, 2.75) is 39.2 Å². The minimum Gasteiger partial charge on any atom is -0.481 e. The van der Waals surface area contributed by atoms with E-state index < -0.39 is 0 Å². The highest BCUT2D eigenvalue weighted by Crippen LogP contribution is 2.41. The van der Waals surface area contributed by atoms with Crippen LogP contribution in [0, 0.1) is 5.41 Å². The summed E-state index contributed by atoms with van der Waals surface area (Å²) in [5.41, 5.74) is -0.255. The van der Waals surface area contributed by atoms with E-state index in [0.717, 1.165) is 32.4 Å². The molecule has 0 radical (unpaired) electrons. The number of carbonyl (C=O) groups excluding carboxylic acids is 1. The van der Waals surface area contributed by atoms with E-state index in [-0.39, 0.29) is 11.5 Å². The second-order valence-electron chi connectivity index (χ2n) is 6.55. The van der Waals surface area contributed by atoms with Crippen LogP contribution in [0.2, 0.25) is 0 Å². The Morgan fingerprint density at radius 1 is 1.32 bits per heavy atom. The summed E-state index contributed by atoms with van der Waals surface area (Å²) >= 11 is 0. The quantitative estimate of drug-likeness (QED) is 0.851. The molecule has 3 heterocycles. The Balaban J connectivity index is 1.79. The maximum absolute atomic E-state index is 12.9. The standard InChI is InChI=1S/C16H24N4O2/c1-12(2)20-9-4-6-16(14(20)21)7-10-19(11-16)15-17-8-5-13(18-15)22-3/h5,8,12H,4,6-7,9-11H2,1-3H3/t16-/m0/s1. The van der Waals surface area contributed by atoms with E-state index in [0.29, 0.717) is 24.3 Å². The molecule has 1 aromatic heterocycles. The van der Waals surface area contributed by atoms with Gasteiger partial charge >= 0.3 is 0 Å². The van der Waals surface area contributed by atoms with Crippen LogP contribution in [-0.4, -0.2) is 53.6 Å². The number of amides is 1. The molecule has 120 valence electrons. The van der Waals surface area contributed by atoms with Crippen molar-refractivity contribution in [1.29, 1.82) is 0 Å². The molecule has 2 saturated heterocycles. The van der Waals surface area contributed by atoms with Crippen molar-refractivity contribution in [2.24, 2.45) is 5.41 Å². The third kappa shape index (κ3) is 2.51. The monoisotopic (exact) mass is 304 g/mol. The summed E-state index contributed by atoms with van der Waals surface area (Å²) in [5, 5.41) is 0. The summed E-state index contributed by atoms with van der Waals surface area (Å²) < 4.78 is 5.17. The van der Waals surface area contributed by atoms with Crippen LogP contribution in [0.25, 0.3) is 0 Å². The smallest absolute Gasteiger partial charge is 0.230 e. The van der Waals surface area contributed by atoms with Gasteiger partial charge in [0.25, 0.3) is 0 Å². The lowest BCUT2D eigenvalue weighted by molar-refractivity contribution is -0.147. The number of hydrogen-bond donors (Lipinski definition) is 0. The average molecular weight is 304 g/mol. The minimum atomic E-state index is -0.255. The van der Waals surface area contributed by atoms with Gasteiger partial charge in [-0.1, -0.05) is 0 Å². The largest absolute Gasteiger partial charge is 0.481 e. The van der Waals surface area contributed by atoms with Crippen molar-refractivity contribution < 1.29 is 9.53 Å². The molecule has 1 atom stereocenters. The van der Waals surface area contributed by atoms with Gasteiger partial charge in [-0.3, -0.25) is 4.79 Å². The van der Waals surface area contributed by atoms with Gasteiger partial charge in [-0.25, -0.2) is 4.98 Å². The van der Waals surface area contributed by atoms with Gasteiger partial charge in [0.2, 0.25) is 17.7 Å². The predicted molar refractivity (Wildman–Crippen MR) is 83.9 cm³/mol. The average Bonchev–Trinajstić information content (AvgIpc) is 2.95. The van der Waals surface area contributed by atoms with E-state index >= 15 is 0 Å². The number of rotatable bonds is 3. The van der Waals surface area contributed by atoms with Crippen LogP contribution in [0.3, 0.4) is 0 Å². The molecule has 0 unspecified atom stereocenters. The Morgan fingerprint density at radius 2 is 2.14 bits per heavy atom. The van der Waals surface area contributed by atoms with Crippen molar-refractivity contribution in [3.8, 4) is 5.88 Å². The number of likely N-dealkylation sites (tertiary alicyclic amines) is 1. The third-order valence-electron chi connectivity index (χ3n) is 4.86. The van der Waals surface area contributed by atoms with Gasteiger partial charge in [0.05, 0.1) is 12.5 Å². The number of piperidine rings is 1. The molecule has 0 bridgehead atoms. The molecular weight excluding hydrogens is 280 g/mol. The summed E-state index contributed by atoms with van der Waals surface area (Å²) in [4.78, 5) is 25.8. The summed E-state index contributed by atoms with van der Waals surface area (Å²) in [6, 6.07) is 2.01. The van der Waals surface area contributed by atoms with Crippen molar-refractivity contribution in [3.05, 3.63) is 12.3 Å². The van der Waals surface area contributed by atoms with Gasteiger partial charge in [-0.15, -0.1) is 0 Å². The predicted octanol–water partition coefficient (Wildman–Crippen LogP) is 1.71. The lowest BCUT2D eigenvalue weighted by Gasteiger charge is -2.41. The highest BCUT2D eigenvalue weighted by Gasteiger charge is 2.49. The Labute approximate surface area is 131 Å². The first-order valence-corrected chi connectivity index (χ1v) is 7.99. The molecule has 1 amide bonds. The number of aromatic nitrogens is 2. The molecule has 2 aliphatic rings. The van der Waals surface area contributed by atoms with E-state index in [2.05, 4.69) is 28.7 Å². The van der Waals surface area contributed by atoms with Gasteiger partial charge in [-0.2, -0.15) is 4.98 Å². The van der Waals surface area contributed by atoms with Crippen LogP contribution in [0.5, 0.6) is 5.88 Å². The molecular formula is C16H24N4O2. The van der Waals surface area contributed by atoms with Crippen LogP contribution in [0.4, 0.5) is 5.95 Å². The fraction of sp³-hybridized carbons (Fsp3) is 0.688. The van der Waals surface area contributed by atoms with E-state index in [1.165, 1.54) is 0 Å². The number of methoxy groups -OCH3 is 1. The third-order valence-corrected chi connectivity index (χ3v) is 4.86. The zero-order chi connectivity index (χ0) is 15.7. The Kier molecular flexibility index (Phi) is 3.93. The molecule has 3 rings (SSSR count). The van der Waals surface area contributed by atoms with E-state index in [1.54, 1.807) is 19.4 Å². The normalized spacial score (nSPS) is 25.4. The topological polar surface area (TPSA) is 58.6 Å².